The molecular formula is C25H22O5. The number of carbonyl (C=O) groups excluding carboxylic acids is 1. The fourth-order valence-corrected chi connectivity index (χ4v) is 3.20. The van der Waals surface area contributed by atoms with Crippen LogP contribution in [0.5, 0.6) is 23.0 Å². The summed E-state index contributed by atoms with van der Waals surface area (Å²) in [7, 11) is 3.16. The van der Waals surface area contributed by atoms with E-state index in [-0.39, 0.29) is 11.5 Å². The Labute approximate surface area is 175 Å². The van der Waals surface area contributed by atoms with Crippen molar-refractivity contribution in [1.29, 1.82) is 0 Å². The lowest BCUT2D eigenvalue weighted by Gasteiger charge is -2.08. The van der Waals surface area contributed by atoms with Gasteiger partial charge in [-0.15, -0.1) is 0 Å². The first kappa shape index (κ1) is 19.6. The van der Waals surface area contributed by atoms with Crippen molar-refractivity contribution >= 4 is 11.9 Å². The molecule has 0 saturated heterocycles. The predicted molar refractivity (Wildman–Crippen MR) is 114 cm³/mol. The molecule has 0 saturated carbocycles. The molecule has 0 bridgehead atoms. The van der Waals surface area contributed by atoms with Crippen LogP contribution in [0.1, 0.15) is 27.0 Å². The van der Waals surface area contributed by atoms with Crippen molar-refractivity contribution in [3.8, 4) is 23.0 Å². The molecule has 152 valence electrons. The van der Waals surface area contributed by atoms with Gasteiger partial charge in [-0.2, -0.15) is 0 Å². The van der Waals surface area contributed by atoms with Crippen LogP contribution < -0.4 is 18.9 Å². The van der Waals surface area contributed by atoms with Crippen molar-refractivity contribution < 1.29 is 23.7 Å². The normalized spacial score (nSPS) is 13.7. The van der Waals surface area contributed by atoms with Crippen molar-refractivity contribution in [2.45, 2.75) is 13.5 Å². The van der Waals surface area contributed by atoms with E-state index in [0.717, 1.165) is 5.56 Å². The van der Waals surface area contributed by atoms with Crippen LogP contribution in [0.25, 0.3) is 6.08 Å². The Morgan fingerprint density at radius 2 is 1.67 bits per heavy atom. The zero-order valence-electron chi connectivity index (χ0n) is 17.1. The van der Waals surface area contributed by atoms with Gasteiger partial charge >= 0.3 is 0 Å². The summed E-state index contributed by atoms with van der Waals surface area (Å²) in [6.07, 6.45) is 1.66. The Bertz CT molecular complexity index is 1110. The monoisotopic (exact) mass is 402 g/mol. The van der Waals surface area contributed by atoms with Crippen LogP contribution in [0.3, 0.4) is 0 Å². The first-order valence-electron chi connectivity index (χ1n) is 9.56. The van der Waals surface area contributed by atoms with Crippen LogP contribution in [-0.4, -0.2) is 20.0 Å². The molecule has 0 spiro atoms. The van der Waals surface area contributed by atoms with Crippen LogP contribution >= 0.6 is 0 Å². The van der Waals surface area contributed by atoms with Gasteiger partial charge in [0, 0.05) is 11.6 Å². The zero-order chi connectivity index (χ0) is 21.1. The number of carbonyl (C=O) groups is 1. The SMILES string of the molecule is COc1ccc(OC)c(C=C2Oc3cc(OCc4ccc(C)cc4)ccc3C2=O)c1. The van der Waals surface area contributed by atoms with E-state index in [0.29, 0.717) is 40.7 Å². The van der Waals surface area contributed by atoms with Crippen molar-refractivity contribution in [2.75, 3.05) is 14.2 Å². The van der Waals surface area contributed by atoms with Crippen LogP contribution in [0.2, 0.25) is 0 Å². The highest BCUT2D eigenvalue weighted by Gasteiger charge is 2.28. The minimum atomic E-state index is -0.181. The molecule has 30 heavy (non-hydrogen) atoms. The van der Waals surface area contributed by atoms with Crippen LogP contribution in [-0.2, 0) is 6.61 Å². The number of allylic oxidation sites excluding steroid dienone is 1. The van der Waals surface area contributed by atoms with Crippen molar-refractivity contribution in [3.63, 3.8) is 0 Å². The first-order valence-corrected chi connectivity index (χ1v) is 9.56. The van der Waals surface area contributed by atoms with Gasteiger partial charge in [0.25, 0.3) is 0 Å². The number of fused-ring (bicyclic) bond motifs is 1. The highest BCUT2D eigenvalue weighted by atomic mass is 16.5. The topological polar surface area (TPSA) is 54.0 Å². The quantitative estimate of drug-likeness (QED) is 0.530. The van der Waals surface area contributed by atoms with E-state index in [1.54, 1.807) is 56.7 Å². The lowest BCUT2D eigenvalue weighted by atomic mass is 10.1. The molecule has 0 amide bonds. The van der Waals surface area contributed by atoms with E-state index in [1.165, 1.54) is 5.56 Å². The van der Waals surface area contributed by atoms with Crippen LogP contribution in [0, 0.1) is 6.92 Å². The summed E-state index contributed by atoms with van der Waals surface area (Å²) in [5.41, 5.74) is 3.48. The van der Waals surface area contributed by atoms with Crippen molar-refractivity contribution in [3.05, 3.63) is 88.7 Å². The molecular weight excluding hydrogens is 380 g/mol. The third-order valence-corrected chi connectivity index (χ3v) is 4.89. The number of hydrogen-bond acceptors (Lipinski definition) is 5. The van der Waals surface area contributed by atoms with E-state index in [9.17, 15) is 4.79 Å². The van der Waals surface area contributed by atoms with Crippen LogP contribution in [0.15, 0.2) is 66.4 Å². The Hall–Kier alpha value is -3.73. The van der Waals surface area contributed by atoms with E-state index < -0.39 is 0 Å². The lowest BCUT2D eigenvalue weighted by Crippen LogP contribution is -1.99. The van der Waals surface area contributed by atoms with Gasteiger partial charge < -0.3 is 18.9 Å². The Kier molecular flexibility index (Phi) is 5.44. The largest absolute Gasteiger partial charge is 0.497 e. The number of methoxy groups -OCH3 is 2. The van der Waals surface area contributed by atoms with Gasteiger partial charge in [-0.25, -0.2) is 0 Å². The second-order valence-corrected chi connectivity index (χ2v) is 6.98. The molecule has 3 aromatic carbocycles. The van der Waals surface area contributed by atoms with Crippen molar-refractivity contribution in [2.24, 2.45) is 0 Å². The van der Waals surface area contributed by atoms with Gasteiger partial charge in [-0.05, 0) is 48.9 Å². The molecule has 0 fully saturated rings. The third-order valence-electron chi connectivity index (χ3n) is 4.89. The summed E-state index contributed by atoms with van der Waals surface area (Å²) in [6.45, 7) is 2.49. The highest BCUT2D eigenvalue weighted by molar-refractivity contribution is 6.14. The Balaban J connectivity index is 1.54. The molecule has 4 rings (SSSR count). The van der Waals surface area contributed by atoms with E-state index in [2.05, 4.69) is 0 Å². The summed E-state index contributed by atoms with van der Waals surface area (Å²) in [6, 6.07) is 18.8. The van der Waals surface area contributed by atoms with E-state index in [1.807, 2.05) is 31.2 Å². The maximum Gasteiger partial charge on any atom is 0.231 e. The average molecular weight is 402 g/mol. The number of hydrogen-bond donors (Lipinski definition) is 0. The molecule has 0 aliphatic carbocycles. The molecule has 0 N–H and O–H groups in total. The molecule has 0 unspecified atom stereocenters. The zero-order valence-corrected chi connectivity index (χ0v) is 17.1. The van der Waals surface area contributed by atoms with Crippen LogP contribution in [0.4, 0.5) is 0 Å². The fourth-order valence-electron chi connectivity index (χ4n) is 3.20. The smallest absolute Gasteiger partial charge is 0.231 e. The second kappa shape index (κ2) is 8.33. The molecule has 0 radical (unpaired) electrons. The summed E-state index contributed by atoms with van der Waals surface area (Å²) >= 11 is 0. The summed E-state index contributed by atoms with van der Waals surface area (Å²) in [4.78, 5) is 12.8. The third kappa shape index (κ3) is 4.01. The highest BCUT2D eigenvalue weighted by Crippen LogP contribution is 2.36. The number of aryl methyl sites for hydroxylation is 1. The van der Waals surface area contributed by atoms with Crippen molar-refractivity contribution in [1.82, 2.24) is 0 Å². The maximum absolute atomic E-state index is 12.8. The van der Waals surface area contributed by atoms with Gasteiger partial charge in [0.15, 0.2) is 5.76 Å². The number of benzene rings is 3. The molecule has 0 aromatic heterocycles. The maximum atomic E-state index is 12.8. The van der Waals surface area contributed by atoms with E-state index >= 15 is 0 Å². The predicted octanol–water partition coefficient (Wildman–Crippen LogP) is 5.21. The Morgan fingerprint density at radius 1 is 0.900 bits per heavy atom. The standard InChI is InChI=1S/C25H22O5/c1-16-4-6-17(7-5-16)15-29-20-8-10-21-23(14-20)30-24(25(21)26)13-18-12-19(27-2)9-11-22(18)28-3/h4-14H,15H2,1-3H3. The first-order chi connectivity index (χ1) is 14.6. The average Bonchev–Trinajstić information content (AvgIpc) is 3.08. The summed E-state index contributed by atoms with van der Waals surface area (Å²) in [5.74, 6) is 2.46. The van der Waals surface area contributed by atoms with Gasteiger partial charge in [0.05, 0.1) is 19.8 Å². The number of ether oxygens (including phenoxy) is 4. The lowest BCUT2D eigenvalue weighted by molar-refractivity contribution is 0.101. The van der Waals surface area contributed by atoms with Gasteiger partial charge in [0.2, 0.25) is 5.78 Å². The number of rotatable bonds is 6. The molecule has 0 atom stereocenters. The second-order valence-electron chi connectivity index (χ2n) is 6.98. The minimum Gasteiger partial charge on any atom is -0.497 e. The number of ketones is 1. The van der Waals surface area contributed by atoms with Gasteiger partial charge in [-0.1, -0.05) is 29.8 Å². The molecule has 1 aliphatic heterocycles. The fraction of sp³-hybridized carbons (Fsp3) is 0.160. The number of Topliss-reactive ketones (excluding diaryl/α,β-unsaturated/α-hetero) is 1. The molecule has 3 aromatic rings. The summed E-state index contributed by atoms with van der Waals surface area (Å²) < 4.78 is 22.4. The molecule has 1 aliphatic rings. The minimum absolute atomic E-state index is 0.181. The molecule has 5 nitrogen and oxygen atoms in total. The molecule has 5 heteroatoms. The Morgan fingerprint density at radius 3 is 2.40 bits per heavy atom. The van der Waals surface area contributed by atoms with Gasteiger partial charge in [0.1, 0.15) is 29.6 Å². The molecule has 1 heterocycles. The van der Waals surface area contributed by atoms with E-state index in [4.69, 9.17) is 18.9 Å². The summed E-state index contributed by atoms with van der Waals surface area (Å²) in [5, 5.41) is 0. The van der Waals surface area contributed by atoms with Gasteiger partial charge in [-0.3, -0.25) is 4.79 Å².